The molecule has 2 amide bonds. The first-order valence-corrected chi connectivity index (χ1v) is 8.93. The zero-order valence-electron chi connectivity index (χ0n) is 13.8. The van der Waals surface area contributed by atoms with Crippen molar-refractivity contribution in [3.05, 3.63) is 46.4 Å². The van der Waals surface area contributed by atoms with Gasteiger partial charge < -0.3 is 15.0 Å². The molecule has 0 saturated carbocycles. The van der Waals surface area contributed by atoms with Gasteiger partial charge in [0.15, 0.2) is 11.6 Å². The summed E-state index contributed by atoms with van der Waals surface area (Å²) in [5.41, 5.74) is 0.380. The number of anilines is 1. The number of ether oxygens (including phenoxy) is 1. The average molecular weight is 362 g/mol. The number of likely N-dealkylation sites (tertiary alicyclic amines) is 1. The highest BCUT2D eigenvalue weighted by Gasteiger charge is 2.29. The molecule has 1 N–H and O–H groups in total. The monoisotopic (exact) mass is 362 g/mol. The number of carbonyl (C=O) groups is 2. The third-order valence-corrected chi connectivity index (χ3v) is 5.09. The molecule has 3 rings (SSSR count). The molecular formula is C18H19FN2O3S. The highest BCUT2D eigenvalue weighted by Crippen LogP contribution is 2.24. The fourth-order valence-electron chi connectivity index (χ4n) is 2.92. The fraction of sp³-hybridized carbons (Fsp3) is 0.333. The van der Waals surface area contributed by atoms with Crippen LogP contribution in [0.3, 0.4) is 0 Å². The van der Waals surface area contributed by atoms with Crippen molar-refractivity contribution in [2.24, 2.45) is 5.92 Å². The molecule has 2 heterocycles. The second-order valence-corrected chi connectivity index (χ2v) is 6.85. The number of amides is 2. The molecule has 132 valence electrons. The number of nitrogens with one attached hydrogen (secondary N) is 1. The van der Waals surface area contributed by atoms with E-state index in [-0.39, 0.29) is 23.5 Å². The summed E-state index contributed by atoms with van der Waals surface area (Å²) in [5, 5.41) is 4.59. The summed E-state index contributed by atoms with van der Waals surface area (Å²) in [6, 6.07) is 7.92. The maximum Gasteiger partial charge on any atom is 0.263 e. The number of hydrogen-bond acceptors (Lipinski definition) is 4. The van der Waals surface area contributed by atoms with Crippen molar-refractivity contribution in [2.45, 2.75) is 12.8 Å². The highest BCUT2D eigenvalue weighted by atomic mass is 32.1. The van der Waals surface area contributed by atoms with Gasteiger partial charge in [0.05, 0.1) is 17.9 Å². The Bertz CT molecular complexity index is 764. The molecule has 2 aromatic rings. The Hall–Kier alpha value is -2.41. The highest BCUT2D eigenvalue weighted by molar-refractivity contribution is 7.12. The van der Waals surface area contributed by atoms with Crippen LogP contribution in [0.4, 0.5) is 10.1 Å². The molecule has 1 unspecified atom stereocenters. The van der Waals surface area contributed by atoms with Crippen LogP contribution in [-0.4, -0.2) is 36.9 Å². The lowest BCUT2D eigenvalue weighted by molar-refractivity contribution is -0.121. The van der Waals surface area contributed by atoms with Crippen LogP contribution in [0.15, 0.2) is 35.7 Å². The number of piperidine rings is 1. The Morgan fingerprint density at radius 1 is 1.36 bits per heavy atom. The summed E-state index contributed by atoms with van der Waals surface area (Å²) in [6.45, 7) is 1.03. The minimum Gasteiger partial charge on any atom is -0.494 e. The SMILES string of the molecule is COc1ccc(NC(=O)C2CCCN(C(=O)c3cccs3)C2)cc1F. The second kappa shape index (κ2) is 7.65. The van der Waals surface area contributed by atoms with Gasteiger partial charge in [-0.2, -0.15) is 0 Å². The summed E-state index contributed by atoms with van der Waals surface area (Å²) < 4.78 is 18.6. The van der Waals surface area contributed by atoms with Crippen LogP contribution < -0.4 is 10.1 Å². The molecule has 1 aliphatic heterocycles. The topological polar surface area (TPSA) is 58.6 Å². The van der Waals surface area contributed by atoms with E-state index in [9.17, 15) is 14.0 Å². The number of carbonyl (C=O) groups excluding carboxylic acids is 2. The number of methoxy groups -OCH3 is 1. The molecule has 0 spiro atoms. The van der Waals surface area contributed by atoms with Gasteiger partial charge in [-0.25, -0.2) is 4.39 Å². The first kappa shape index (κ1) is 17.4. The number of nitrogens with zero attached hydrogens (tertiary/aromatic N) is 1. The van der Waals surface area contributed by atoms with Crippen molar-refractivity contribution in [1.82, 2.24) is 4.90 Å². The number of rotatable bonds is 4. The predicted molar refractivity (Wildman–Crippen MR) is 94.5 cm³/mol. The average Bonchev–Trinajstić information content (AvgIpc) is 3.16. The van der Waals surface area contributed by atoms with Crippen LogP contribution in [0, 0.1) is 11.7 Å². The number of thiophene rings is 1. The van der Waals surface area contributed by atoms with Gasteiger partial charge >= 0.3 is 0 Å². The van der Waals surface area contributed by atoms with Crippen LogP contribution in [0.2, 0.25) is 0 Å². The number of hydrogen-bond donors (Lipinski definition) is 1. The van der Waals surface area contributed by atoms with Crippen molar-refractivity contribution in [3.63, 3.8) is 0 Å². The number of halogens is 1. The lowest BCUT2D eigenvalue weighted by Gasteiger charge is -2.31. The van der Waals surface area contributed by atoms with E-state index in [4.69, 9.17) is 4.74 Å². The Balaban J connectivity index is 1.64. The first-order chi connectivity index (χ1) is 12.1. The van der Waals surface area contributed by atoms with Crippen molar-refractivity contribution in [3.8, 4) is 5.75 Å². The van der Waals surface area contributed by atoms with Gasteiger partial charge in [0.2, 0.25) is 5.91 Å². The van der Waals surface area contributed by atoms with Crippen LogP contribution >= 0.6 is 11.3 Å². The van der Waals surface area contributed by atoms with Gasteiger partial charge in [-0.15, -0.1) is 11.3 Å². The molecule has 0 bridgehead atoms. The summed E-state index contributed by atoms with van der Waals surface area (Å²) in [7, 11) is 1.39. The molecule has 1 aliphatic rings. The Morgan fingerprint density at radius 3 is 2.88 bits per heavy atom. The molecule has 1 aromatic carbocycles. The maximum absolute atomic E-state index is 13.7. The second-order valence-electron chi connectivity index (χ2n) is 5.91. The third-order valence-electron chi connectivity index (χ3n) is 4.23. The van der Waals surface area contributed by atoms with Gasteiger partial charge in [-0.05, 0) is 36.4 Å². The molecule has 7 heteroatoms. The maximum atomic E-state index is 13.7. The zero-order chi connectivity index (χ0) is 17.8. The minimum atomic E-state index is -0.529. The molecule has 25 heavy (non-hydrogen) atoms. The fourth-order valence-corrected chi connectivity index (χ4v) is 3.61. The zero-order valence-corrected chi connectivity index (χ0v) is 14.6. The van der Waals surface area contributed by atoms with E-state index < -0.39 is 5.82 Å². The summed E-state index contributed by atoms with van der Waals surface area (Å²) >= 11 is 1.40. The van der Waals surface area contributed by atoms with Gasteiger partial charge in [-0.3, -0.25) is 9.59 Å². The lowest BCUT2D eigenvalue weighted by atomic mass is 9.97. The summed E-state index contributed by atoms with van der Waals surface area (Å²) in [4.78, 5) is 27.3. The minimum absolute atomic E-state index is 0.0389. The van der Waals surface area contributed by atoms with Crippen LogP contribution in [0.25, 0.3) is 0 Å². The number of benzene rings is 1. The molecule has 1 fully saturated rings. The molecule has 0 radical (unpaired) electrons. The standard InChI is InChI=1S/C18H19FN2O3S/c1-24-15-7-6-13(10-14(15)19)20-17(22)12-4-2-8-21(11-12)18(23)16-5-3-9-25-16/h3,5-7,9-10,12H,2,4,8,11H2,1H3,(H,20,22). The summed E-state index contributed by atoms with van der Waals surface area (Å²) in [6.07, 6.45) is 1.48. The van der Waals surface area contributed by atoms with Crippen molar-refractivity contribution in [2.75, 3.05) is 25.5 Å². The van der Waals surface area contributed by atoms with E-state index in [0.29, 0.717) is 30.1 Å². The largest absolute Gasteiger partial charge is 0.494 e. The molecule has 1 aromatic heterocycles. The molecule has 1 saturated heterocycles. The van der Waals surface area contributed by atoms with Crippen LogP contribution in [-0.2, 0) is 4.79 Å². The van der Waals surface area contributed by atoms with Gasteiger partial charge in [-0.1, -0.05) is 6.07 Å². The van der Waals surface area contributed by atoms with E-state index in [1.165, 1.54) is 30.6 Å². The van der Waals surface area contributed by atoms with Crippen molar-refractivity contribution in [1.29, 1.82) is 0 Å². The van der Waals surface area contributed by atoms with E-state index in [2.05, 4.69) is 5.32 Å². The molecule has 5 nitrogen and oxygen atoms in total. The van der Waals surface area contributed by atoms with Crippen molar-refractivity contribution >= 4 is 28.8 Å². The van der Waals surface area contributed by atoms with Gasteiger partial charge in [0.1, 0.15) is 0 Å². The van der Waals surface area contributed by atoms with Crippen molar-refractivity contribution < 1.29 is 18.7 Å². The molecule has 1 atom stereocenters. The molecule has 0 aliphatic carbocycles. The van der Waals surface area contributed by atoms with Gasteiger partial charge in [0.25, 0.3) is 5.91 Å². The van der Waals surface area contributed by atoms with E-state index in [1.54, 1.807) is 17.0 Å². The quantitative estimate of drug-likeness (QED) is 0.907. The summed E-state index contributed by atoms with van der Waals surface area (Å²) in [5.74, 6) is -0.944. The normalized spacial score (nSPS) is 17.2. The predicted octanol–water partition coefficient (Wildman–Crippen LogP) is 3.39. The van der Waals surface area contributed by atoms with E-state index >= 15 is 0 Å². The molecular weight excluding hydrogens is 343 g/mol. The van der Waals surface area contributed by atoms with Crippen LogP contribution in [0.5, 0.6) is 5.75 Å². The van der Waals surface area contributed by atoms with Crippen LogP contribution in [0.1, 0.15) is 22.5 Å². The smallest absolute Gasteiger partial charge is 0.263 e. The Kier molecular flexibility index (Phi) is 5.33. The Labute approximate surface area is 149 Å². The Morgan fingerprint density at radius 2 is 2.20 bits per heavy atom. The van der Waals surface area contributed by atoms with Gasteiger partial charge in [0, 0.05) is 24.8 Å². The van der Waals surface area contributed by atoms with E-state index in [1.807, 2.05) is 11.4 Å². The third kappa shape index (κ3) is 3.99. The van der Waals surface area contributed by atoms with E-state index in [0.717, 1.165) is 6.42 Å². The lowest BCUT2D eigenvalue weighted by Crippen LogP contribution is -2.43. The first-order valence-electron chi connectivity index (χ1n) is 8.05.